The average molecular weight is 411 g/mol. The summed E-state index contributed by atoms with van der Waals surface area (Å²) in [6.45, 7) is 1.63. The minimum atomic E-state index is -0.539. The number of aryl methyl sites for hydroxylation is 1. The van der Waals surface area contributed by atoms with E-state index in [0.717, 1.165) is 13.1 Å². The zero-order chi connectivity index (χ0) is 14.2. The van der Waals surface area contributed by atoms with Crippen LogP contribution >= 0.6 is 43.2 Å². The van der Waals surface area contributed by atoms with E-state index in [0.29, 0.717) is 5.56 Å². The highest BCUT2D eigenvalue weighted by Gasteiger charge is 2.24. The normalized spacial score (nSPS) is 12.7. The Kier molecular flexibility index (Phi) is 4.76. The second-order valence-corrected chi connectivity index (χ2v) is 7.34. The van der Waals surface area contributed by atoms with Crippen LogP contribution in [-0.2, 0) is 0 Å². The highest BCUT2D eigenvalue weighted by molar-refractivity contribution is 9.13. The molecule has 19 heavy (non-hydrogen) atoms. The van der Waals surface area contributed by atoms with Gasteiger partial charge in [-0.25, -0.2) is 8.78 Å². The van der Waals surface area contributed by atoms with Crippen molar-refractivity contribution in [3.63, 3.8) is 0 Å². The molecule has 0 spiro atoms. The number of thiophene rings is 1. The van der Waals surface area contributed by atoms with Crippen molar-refractivity contribution in [2.75, 3.05) is 7.05 Å². The summed E-state index contributed by atoms with van der Waals surface area (Å²) in [6.07, 6.45) is 0. The van der Waals surface area contributed by atoms with E-state index in [1.165, 1.54) is 23.5 Å². The zero-order valence-electron chi connectivity index (χ0n) is 10.2. The topological polar surface area (TPSA) is 12.0 Å². The number of benzene rings is 1. The Morgan fingerprint density at radius 3 is 2.47 bits per heavy atom. The average Bonchev–Trinajstić information content (AvgIpc) is 2.70. The van der Waals surface area contributed by atoms with Gasteiger partial charge in [0, 0.05) is 14.9 Å². The van der Waals surface area contributed by atoms with Gasteiger partial charge < -0.3 is 5.32 Å². The van der Waals surface area contributed by atoms with Gasteiger partial charge in [-0.3, -0.25) is 0 Å². The lowest BCUT2D eigenvalue weighted by Crippen LogP contribution is -2.20. The van der Waals surface area contributed by atoms with Crippen LogP contribution in [0.4, 0.5) is 8.78 Å². The third-order valence-corrected chi connectivity index (χ3v) is 6.17. The van der Waals surface area contributed by atoms with E-state index in [2.05, 4.69) is 37.2 Å². The van der Waals surface area contributed by atoms with E-state index in [1.54, 1.807) is 14.0 Å². The third-order valence-electron chi connectivity index (χ3n) is 2.85. The van der Waals surface area contributed by atoms with Crippen LogP contribution in [0.2, 0.25) is 0 Å². The summed E-state index contributed by atoms with van der Waals surface area (Å²) in [6, 6.07) is 4.10. The highest BCUT2D eigenvalue weighted by atomic mass is 79.9. The van der Waals surface area contributed by atoms with Crippen molar-refractivity contribution >= 4 is 43.2 Å². The molecular weight excluding hydrogens is 400 g/mol. The molecule has 2 aromatic rings. The summed E-state index contributed by atoms with van der Waals surface area (Å²) < 4.78 is 29.9. The lowest BCUT2D eigenvalue weighted by molar-refractivity contribution is 0.520. The molecule has 102 valence electrons. The summed E-state index contributed by atoms with van der Waals surface area (Å²) in [5, 5.41) is 2.97. The van der Waals surface area contributed by atoms with Crippen molar-refractivity contribution in [2.45, 2.75) is 13.0 Å². The molecule has 0 amide bonds. The first-order valence-electron chi connectivity index (χ1n) is 5.52. The maximum Gasteiger partial charge on any atom is 0.134 e. The fourth-order valence-electron chi connectivity index (χ4n) is 1.88. The van der Waals surface area contributed by atoms with Gasteiger partial charge in [0.2, 0.25) is 0 Å². The van der Waals surface area contributed by atoms with Crippen molar-refractivity contribution in [1.29, 1.82) is 0 Å². The van der Waals surface area contributed by atoms with Gasteiger partial charge in [0.05, 0.1) is 9.83 Å². The van der Waals surface area contributed by atoms with Crippen LogP contribution < -0.4 is 5.32 Å². The van der Waals surface area contributed by atoms with Gasteiger partial charge in [0.15, 0.2) is 0 Å². The van der Waals surface area contributed by atoms with E-state index in [1.807, 2.05) is 6.07 Å². The molecule has 1 N–H and O–H groups in total. The zero-order valence-corrected chi connectivity index (χ0v) is 14.2. The predicted molar refractivity (Wildman–Crippen MR) is 81.7 cm³/mol. The third kappa shape index (κ3) is 2.91. The van der Waals surface area contributed by atoms with E-state index < -0.39 is 17.7 Å². The maximum atomic E-state index is 14.2. The molecule has 1 aromatic carbocycles. The van der Waals surface area contributed by atoms with Gasteiger partial charge in [0.1, 0.15) is 11.6 Å². The van der Waals surface area contributed by atoms with Crippen LogP contribution in [0, 0.1) is 18.6 Å². The van der Waals surface area contributed by atoms with Crippen LogP contribution in [0.5, 0.6) is 0 Å². The number of hydrogen-bond acceptors (Lipinski definition) is 2. The lowest BCUT2D eigenvalue weighted by Gasteiger charge is -2.17. The molecule has 0 bridgehead atoms. The van der Waals surface area contributed by atoms with Gasteiger partial charge in [-0.05, 0) is 63.5 Å². The van der Waals surface area contributed by atoms with E-state index >= 15 is 0 Å². The molecule has 0 saturated heterocycles. The Bertz CT molecular complexity index is 593. The minimum Gasteiger partial charge on any atom is -0.308 e. The first-order chi connectivity index (χ1) is 8.95. The Hall–Kier alpha value is -0.300. The largest absolute Gasteiger partial charge is 0.308 e. The number of halogens is 4. The first kappa shape index (κ1) is 15.1. The summed E-state index contributed by atoms with van der Waals surface area (Å²) >= 11 is 8.22. The highest BCUT2D eigenvalue weighted by Crippen LogP contribution is 2.38. The smallest absolute Gasteiger partial charge is 0.134 e. The maximum absolute atomic E-state index is 14.2. The Balaban J connectivity index is 2.57. The molecule has 0 radical (unpaired) electrons. The molecule has 1 atom stereocenters. The Morgan fingerprint density at radius 2 is 1.95 bits per heavy atom. The fourth-order valence-corrected chi connectivity index (χ4v) is 4.09. The Labute approximate surface area is 131 Å². The number of hydrogen-bond donors (Lipinski definition) is 1. The van der Waals surface area contributed by atoms with Crippen LogP contribution in [0.15, 0.2) is 26.5 Å². The fraction of sp³-hybridized carbons (Fsp3) is 0.231. The van der Waals surface area contributed by atoms with Gasteiger partial charge in [-0.2, -0.15) is 0 Å². The predicted octanol–water partition coefficient (Wildman–Crippen LogP) is 5.17. The summed E-state index contributed by atoms with van der Waals surface area (Å²) in [4.78, 5) is 0.838. The minimum absolute atomic E-state index is 0.0590. The molecule has 6 heteroatoms. The van der Waals surface area contributed by atoms with Gasteiger partial charge in [-0.15, -0.1) is 11.3 Å². The molecule has 0 aliphatic rings. The molecule has 0 aliphatic heterocycles. The van der Waals surface area contributed by atoms with E-state index in [-0.39, 0.29) is 5.56 Å². The first-order valence-corrected chi connectivity index (χ1v) is 7.92. The second kappa shape index (κ2) is 5.99. The van der Waals surface area contributed by atoms with Crippen LogP contribution in [0.3, 0.4) is 0 Å². The molecule has 0 saturated carbocycles. The van der Waals surface area contributed by atoms with Crippen LogP contribution in [0.25, 0.3) is 0 Å². The van der Waals surface area contributed by atoms with Gasteiger partial charge >= 0.3 is 0 Å². The molecule has 0 aliphatic carbocycles. The van der Waals surface area contributed by atoms with Gasteiger partial charge in [0.25, 0.3) is 0 Å². The molecule has 1 nitrogen and oxygen atoms in total. The van der Waals surface area contributed by atoms with Crippen molar-refractivity contribution < 1.29 is 8.78 Å². The summed E-state index contributed by atoms with van der Waals surface area (Å²) in [5.41, 5.74) is 0.495. The van der Waals surface area contributed by atoms with Crippen molar-refractivity contribution in [3.05, 3.63) is 54.1 Å². The molecule has 1 heterocycles. The monoisotopic (exact) mass is 409 g/mol. The van der Waals surface area contributed by atoms with Gasteiger partial charge in [-0.1, -0.05) is 6.07 Å². The number of rotatable bonds is 3. The number of nitrogens with one attached hydrogen (secondary N) is 1. The van der Waals surface area contributed by atoms with Crippen LogP contribution in [-0.4, -0.2) is 7.05 Å². The summed E-state index contributed by atoms with van der Waals surface area (Å²) in [7, 11) is 1.69. The quantitative estimate of drug-likeness (QED) is 0.735. The molecule has 1 unspecified atom stereocenters. The second-order valence-electron chi connectivity index (χ2n) is 4.08. The SMILES string of the molecule is CNC(c1cc(Br)c(Br)s1)c1c(F)ccc(C)c1F. The van der Waals surface area contributed by atoms with Crippen molar-refractivity contribution in [3.8, 4) is 0 Å². The van der Waals surface area contributed by atoms with Crippen molar-refractivity contribution in [1.82, 2.24) is 5.32 Å². The molecular formula is C13H11Br2F2NS. The molecule has 0 fully saturated rings. The molecule has 1 aromatic heterocycles. The summed E-state index contributed by atoms with van der Waals surface area (Å²) in [5.74, 6) is -1.04. The van der Waals surface area contributed by atoms with Crippen molar-refractivity contribution in [2.24, 2.45) is 0 Å². The van der Waals surface area contributed by atoms with Crippen LogP contribution in [0.1, 0.15) is 22.0 Å². The molecule has 2 rings (SSSR count). The Morgan fingerprint density at radius 1 is 1.26 bits per heavy atom. The standard InChI is InChI=1S/C13H11Br2F2NS/c1-6-3-4-8(16)10(11(6)17)12(18-2)9-5-7(14)13(15)19-9/h3-5,12,18H,1-2H3. The van der Waals surface area contributed by atoms with E-state index in [9.17, 15) is 8.78 Å². The van der Waals surface area contributed by atoms with E-state index in [4.69, 9.17) is 0 Å². The lowest BCUT2D eigenvalue weighted by atomic mass is 10.0.